The maximum atomic E-state index is 4.39. The Morgan fingerprint density at radius 3 is 2.95 bits per heavy atom. The minimum absolute atomic E-state index is 0.393. The van der Waals surface area contributed by atoms with Crippen molar-refractivity contribution < 1.29 is 0 Å². The van der Waals surface area contributed by atoms with Gasteiger partial charge in [-0.2, -0.15) is 5.10 Å². The summed E-state index contributed by atoms with van der Waals surface area (Å²) in [4.78, 5) is 1.44. The molecule has 1 unspecified atom stereocenters. The molecule has 0 bridgehead atoms. The van der Waals surface area contributed by atoms with Gasteiger partial charge in [-0.1, -0.05) is 6.92 Å². The normalized spacial score (nSPS) is 13.0. The molecular formula is C16H21N3S2. The summed E-state index contributed by atoms with van der Waals surface area (Å²) in [6.45, 7) is 6.32. The Morgan fingerprint density at radius 2 is 2.24 bits per heavy atom. The van der Waals surface area contributed by atoms with Gasteiger partial charge < -0.3 is 5.32 Å². The predicted octanol–water partition coefficient (Wildman–Crippen LogP) is 4.46. The molecule has 3 heterocycles. The van der Waals surface area contributed by atoms with E-state index >= 15 is 0 Å². The molecule has 112 valence electrons. The number of fused-ring (bicyclic) bond motifs is 1. The van der Waals surface area contributed by atoms with Crippen LogP contribution in [0.15, 0.2) is 29.9 Å². The summed E-state index contributed by atoms with van der Waals surface area (Å²) in [5.74, 6) is 0. The van der Waals surface area contributed by atoms with Crippen molar-refractivity contribution in [3.63, 3.8) is 0 Å². The van der Waals surface area contributed by atoms with E-state index in [1.807, 2.05) is 33.6 Å². The third-order valence-electron chi connectivity index (χ3n) is 3.59. The molecule has 0 spiro atoms. The fourth-order valence-electron chi connectivity index (χ4n) is 2.47. The molecular weight excluding hydrogens is 298 g/mol. The highest BCUT2D eigenvalue weighted by Gasteiger charge is 2.16. The van der Waals surface area contributed by atoms with Crippen LogP contribution in [0, 0.1) is 0 Å². The van der Waals surface area contributed by atoms with E-state index in [0.29, 0.717) is 6.04 Å². The Labute approximate surface area is 133 Å². The van der Waals surface area contributed by atoms with E-state index in [1.54, 1.807) is 0 Å². The Morgan fingerprint density at radius 1 is 1.33 bits per heavy atom. The number of hydrogen-bond acceptors (Lipinski definition) is 4. The number of aromatic nitrogens is 2. The van der Waals surface area contributed by atoms with Crippen LogP contribution in [-0.2, 0) is 13.0 Å². The number of nitrogens with zero attached hydrogens (tertiary/aromatic N) is 2. The predicted molar refractivity (Wildman–Crippen MR) is 92.3 cm³/mol. The van der Waals surface area contributed by atoms with Crippen molar-refractivity contribution in [1.82, 2.24) is 15.1 Å². The first-order valence-electron chi connectivity index (χ1n) is 7.51. The summed E-state index contributed by atoms with van der Waals surface area (Å²) in [5, 5.41) is 10.3. The largest absolute Gasteiger partial charge is 0.309 e. The van der Waals surface area contributed by atoms with E-state index in [9.17, 15) is 0 Å². The van der Waals surface area contributed by atoms with Crippen molar-refractivity contribution in [1.29, 1.82) is 0 Å². The van der Waals surface area contributed by atoms with Gasteiger partial charge in [-0.3, -0.25) is 4.68 Å². The molecule has 5 heteroatoms. The summed E-state index contributed by atoms with van der Waals surface area (Å²) < 4.78 is 4.81. The van der Waals surface area contributed by atoms with Crippen LogP contribution in [0.2, 0.25) is 0 Å². The van der Waals surface area contributed by atoms with Crippen LogP contribution in [0.25, 0.3) is 9.40 Å². The van der Waals surface area contributed by atoms with Crippen LogP contribution < -0.4 is 5.32 Å². The molecule has 3 nitrogen and oxygen atoms in total. The van der Waals surface area contributed by atoms with Gasteiger partial charge in [-0.15, -0.1) is 22.7 Å². The van der Waals surface area contributed by atoms with Crippen molar-refractivity contribution in [2.75, 3.05) is 6.54 Å². The van der Waals surface area contributed by atoms with Crippen LogP contribution in [0.3, 0.4) is 0 Å². The highest BCUT2D eigenvalue weighted by Crippen LogP contribution is 2.34. The monoisotopic (exact) mass is 319 g/mol. The van der Waals surface area contributed by atoms with E-state index < -0.39 is 0 Å². The average Bonchev–Trinajstić information content (AvgIpc) is 3.18. The standard InChI is InChI=1S/C16H21N3S2/c1-3-6-17-13(8-12-10-18-19(4-2)11-12)15-9-16-14(21-15)5-7-20-16/h5,7,9-11,13,17H,3-4,6,8H2,1-2H3. The van der Waals surface area contributed by atoms with Gasteiger partial charge in [0.25, 0.3) is 0 Å². The summed E-state index contributed by atoms with van der Waals surface area (Å²) >= 11 is 3.74. The van der Waals surface area contributed by atoms with Gasteiger partial charge in [0, 0.05) is 33.1 Å². The van der Waals surface area contributed by atoms with E-state index in [1.165, 1.54) is 19.8 Å². The van der Waals surface area contributed by atoms with Crippen molar-refractivity contribution in [3.8, 4) is 0 Å². The average molecular weight is 319 g/mol. The zero-order chi connectivity index (χ0) is 14.7. The van der Waals surface area contributed by atoms with Gasteiger partial charge in [0.05, 0.1) is 6.20 Å². The van der Waals surface area contributed by atoms with Gasteiger partial charge in [0.2, 0.25) is 0 Å². The second-order valence-corrected chi connectivity index (χ2v) is 7.28. The van der Waals surface area contributed by atoms with Crippen LogP contribution in [-0.4, -0.2) is 16.3 Å². The van der Waals surface area contributed by atoms with Crippen LogP contribution in [0.5, 0.6) is 0 Å². The lowest BCUT2D eigenvalue weighted by molar-refractivity contribution is 0.536. The topological polar surface area (TPSA) is 29.9 Å². The Balaban J connectivity index is 1.80. The molecule has 0 radical (unpaired) electrons. The highest BCUT2D eigenvalue weighted by atomic mass is 32.1. The summed E-state index contributed by atoms with van der Waals surface area (Å²) in [6.07, 6.45) is 6.33. The smallest absolute Gasteiger partial charge is 0.0522 e. The van der Waals surface area contributed by atoms with Crippen molar-refractivity contribution in [2.45, 2.75) is 39.3 Å². The lowest BCUT2D eigenvalue weighted by atomic mass is 10.1. The first kappa shape index (κ1) is 14.8. The SMILES string of the molecule is CCCNC(Cc1cnn(CC)c1)c1cc2sccc2s1. The fourth-order valence-corrected chi connectivity index (χ4v) is 4.66. The zero-order valence-electron chi connectivity index (χ0n) is 12.5. The highest BCUT2D eigenvalue weighted by molar-refractivity contribution is 7.26. The first-order valence-corrected chi connectivity index (χ1v) is 9.21. The molecule has 1 N–H and O–H groups in total. The van der Waals surface area contributed by atoms with Gasteiger partial charge in [-0.05, 0) is 49.4 Å². The molecule has 0 fully saturated rings. The van der Waals surface area contributed by atoms with Crippen molar-refractivity contribution in [2.24, 2.45) is 0 Å². The van der Waals surface area contributed by atoms with Gasteiger partial charge in [0.15, 0.2) is 0 Å². The molecule has 3 rings (SSSR count). The molecule has 0 aromatic carbocycles. The number of hydrogen-bond donors (Lipinski definition) is 1. The third-order valence-corrected chi connectivity index (χ3v) is 5.80. The van der Waals surface area contributed by atoms with Crippen molar-refractivity contribution in [3.05, 3.63) is 40.3 Å². The first-order chi connectivity index (χ1) is 10.3. The van der Waals surface area contributed by atoms with Gasteiger partial charge >= 0.3 is 0 Å². The second kappa shape index (κ2) is 6.73. The summed E-state index contributed by atoms with van der Waals surface area (Å²) in [6, 6.07) is 4.96. The summed E-state index contributed by atoms with van der Waals surface area (Å²) in [7, 11) is 0. The zero-order valence-corrected chi connectivity index (χ0v) is 14.1. The lowest BCUT2D eigenvalue weighted by Gasteiger charge is -2.16. The van der Waals surface area contributed by atoms with Crippen molar-refractivity contribution >= 4 is 32.1 Å². The number of nitrogens with one attached hydrogen (secondary N) is 1. The Hall–Kier alpha value is -1.17. The van der Waals surface area contributed by atoms with E-state index in [0.717, 1.165) is 25.9 Å². The summed E-state index contributed by atoms with van der Waals surface area (Å²) in [5.41, 5.74) is 1.31. The minimum Gasteiger partial charge on any atom is -0.309 e. The molecule has 3 aromatic rings. The number of aryl methyl sites for hydroxylation is 1. The van der Waals surface area contributed by atoms with E-state index in [4.69, 9.17) is 0 Å². The van der Waals surface area contributed by atoms with Crippen LogP contribution >= 0.6 is 22.7 Å². The molecule has 1 atom stereocenters. The number of thiophene rings is 2. The lowest BCUT2D eigenvalue weighted by Crippen LogP contribution is -2.23. The maximum Gasteiger partial charge on any atom is 0.0522 e. The van der Waals surface area contributed by atoms with E-state index in [2.05, 4.69) is 48.0 Å². The molecule has 21 heavy (non-hydrogen) atoms. The molecule has 0 amide bonds. The van der Waals surface area contributed by atoms with Crippen LogP contribution in [0.1, 0.15) is 36.8 Å². The maximum absolute atomic E-state index is 4.39. The Bertz CT molecular complexity index is 667. The van der Waals surface area contributed by atoms with Gasteiger partial charge in [0.1, 0.15) is 0 Å². The molecule has 0 aliphatic heterocycles. The fraction of sp³-hybridized carbons (Fsp3) is 0.438. The molecule has 0 saturated heterocycles. The molecule has 0 aliphatic carbocycles. The second-order valence-electron chi connectivity index (χ2n) is 5.21. The molecule has 0 saturated carbocycles. The molecule has 0 aliphatic rings. The van der Waals surface area contributed by atoms with E-state index in [-0.39, 0.29) is 0 Å². The van der Waals surface area contributed by atoms with Gasteiger partial charge in [-0.25, -0.2) is 0 Å². The minimum atomic E-state index is 0.393. The Kier molecular flexibility index (Phi) is 4.73. The quantitative estimate of drug-likeness (QED) is 0.696. The third kappa shape index (κ3) is 3.36. The molecule has 3 aromatic heterocycles. The van der Waals surface area contributed by atoms with Crippen LogP contribution in [0.4, 0.5) is 0 Å². The number of rotatable bonds is 7.